The van der Waals surface area contributed by atoms with E-state index in [-0.39, 0.29) is 0 Å². The zero-order chi connectivity index (χ0) is 15.5. The van der Waals surface area contributed by atoms with Crippen LogP contribution in [-0.2, 0) is 0 Å². The molecule has 1 heterocycles. The Kier molecular flexibility index (Phi) is 5.32. The van der Waals surface area contributed by atoms with Gasteiger partial charge in [0, 0.05) is 37.9 Å². The van der Waals surface area contributed by atoms with Crippen molar-refractivity contribution < 1.29 is 0 Å². The van der Waals surface area contributed by atoms with Crippen LogP contribution in [0, 0.1) is 0 Å². The lowest BCUT2D eigenvalue weighted by Crippen LogP contribution is -2.53. The highest BCUT2D eigenvalue weighted by Gasteiger charge is 2.22. The Morgan fingerprint density at radius 1 is 1.05 bits per heavy atom. The number of anilines is 1. The highest BCUT2D eigenvalue weighted by molar-refractivity contribution is 7.80. The van der Waals surface area contributed by atoms with E-state index in [1.807, 2.05) is 18.2 Å². The molecule has 1 aromatic rings. The number of rotatable bonds is 2. The van der Waals surface area contributed by atoms with Crippen LogP contribution >= 0.6 is 35.4 Å². The molecule has 22 heavy (non-hydrogen) atoms. The summed E-state index contributed by atoms with van der Waals surface area (Å²) in [7, 11) is 0. The first-order valence-electron chi connectivity index (χ1n) is 7.89. The summed E-state index contributed by atoms with van der Waals surface area (Å²) in [6, 6.07) is 6.41. The Hall–Kier alpha value is -0.710. The Morgan fingerprint density at radius 3 is 2.36 bits per heavy atom. The highest BCUT2D eigenvalue weighted by Crippen LogP contribution is 2.27. The number of piperazine rings is 1. The second-order valence-electron chi connectivity index (χ2n) is 6.00. The summed E-state index contributed by atoms with van der Waals surface area (Å²) in [4.78, 5) is 4.61. The smallest absolute Gasteiger partial charge is 0.169 e. The molecular formula is C16H21Cl2N3S. The Balaban J connectivity index is 1.53. The van der Waals surface area contributed by atoms with E-state index in [0.29, 0.717) is 16.1 Å². The molecule has 6 heteroatoms. The monoisotopic (exact) mass is 357 g/mol. The summed E-state index contributed by atoms with van der Waals surface area (Å²) < 4.78 is 0. The van der Waals surface area contributed by atoms with Gasteiger partial charge >= 0.3 is 0 Å². The topological polar surface area (TPSA) is 18.5 Å². The quantitative estimate of drug-likeness (QED) is 0.807. The maximum atomic E-state index is 6.11. The van der Waals surface area contributed by atoms with Gasteiger partial charge in [0.15, 0.2) is 5.11 Å². The van der Waals surface area contributed by atoms with Crippen molar-refractivity contribution in [2.75, 3.05) is 31.1 Å². The van der Waals surface area contributed by atoms with Crippen molar-refractivity contribution in [1.82, 2.24) is 10.2 Å². The summed E-state index contributed by atoms with van der Waals surface area (Å²) in [6.07, 6.45) is 5.16. The molecule has 2 fully saturated rings. The molecule has 1 aliphatic carbocycles. The van der Waals surface area contributed by atoms with Crippen molar-refractivity contribution in [1.29, 1.82) is 0 Å². The van der Waals surface area contributed by atoms with Gasteiger partial charge in [0.2, 0.25) is 0 Å². The largest absolute Gasteiger partial charge is 0.368 e. The van der Waals surface area contributed by atoms with Crippen LogP contribution in [0.25, 0.3) is 0 Å². The van der Waals surface area contributed by atoms with Crippen LogP contribution in [-0.4, -0.2) is 42.2 Å². The van der Waals surface area contributed by atoms with E-state index in [1.54, 1.807) is 0 Å². The van der Waals surface area contributed by atoms with Gasteiger partial charge in [-0.15, -0.1) is 0 Å². The molecule has 0 radical (unpaired) electrons. The fourth-order valence-electron chi connectivity index (χ4n) is 3.19. The molecular weight excluding hydrogens is 337 g/mol. The van der Waals surface area contributed by atoms with Crippen LogP contribution < -0.4 is 10.2 Å². The summed E-state index contributed by atoms with van der Waals surface area (Å²) >= 11 is 17.7. The van der Waals surface area contributed by atoms with Gasteiger partial charge in [-0.3, -0.25) is 0 Å². The summed E-state index contributed by atoms with van der Waals surface area (Å²) in [5.41, 5.74) is 1.13. The van der Waals surface area contributed by atoms with Gasteiger partial charge in [0.05, 0.1) is 10.0 Å². The molecule has 1 saturated carbocycles. The predicted molar refractivity (Wildman–Crippen MR) is 98.2 cm³/mol. The van der Waals surface area contributed by atoms with Gasteiger partial charge in [0.1, 0.15) is 0 Å². The number of nitrogens with one attached hydrogen (secondary N) is 1. The fraction of sp³-hybridized carbons (Fsp3) is 0.562. The van der Waals surface area contributed by atoms with Gasteiger partial charge in [-0.1, -0.05) is 36.0 Å². The van der Waals surface area contributed by atoms with Crippen molar-refractivity contribution >= 4 is 46.2 Å². The van der Waals surface area contributed by atoms with Gasteiger partial charge < -0.3 is 15.1 Å². The summed E-state index contributed by atoms with van der Waals surface area (Å²) in [5.74, 6) is 0. The molecule has 120 valence electrons. The van der Waals surface area contributed by atoms with Crippen LogP contribution in [0.5, 0.6) is 0 Å². The molecule has 3 nitrogen and oxygen atoms in total. The Bertz CT molecular complexity index is 538. The van der Waals surface area contributed by atoms with E-state index in [4.69, 9.17) is 35.4 Å². The minimum Gasteiger partial charge on any atom is -0.368 e. The van der Waals surface area contributed by atoms with Gasteiger partial charge in [-0.2, -0.15) is 0 Å². The number of thiocarbonyl (C=S) groups is 1. The molecule has 3 rings (SSSR count). The Labute approximate surface area is 147 Å². The molecule has 2 aliphatic rings. The molecule has 0 amide bonds. The van der Waals surface area contributed by atoms with Crippen molar-refractivity contribution in [3.8, 4) is 0 Å². The van der Waals surface area contributed by atoms with Crippen molar-refractivity contribution in [2.24, 2.45) is 0 Å². The fourth-order valence-corrected chi connectivity index (χ4v) is 3.83. The molecule has 0 aromatic heterocycles. The van der Waals surface area contributed by atoms with Crippen LogP contribution in [0.4, 0.5) is 5.69 Å². The lowest BCUT2D eigenvalue weighted by atomic mass is 10.2. The first kappa shape index (κ1) is 16.2. The molecule has 0 unspecified atom stereocenters. The minimum atomic E-state index is 0.584. The highest BCUT2D eigenvalue weighted by atomic mass is 35.5. The average Bonchev–Trinajstić information content (AvgIpc) is 3.03. The van der Waals surface area contributed by atoms with Crippen molar-refractivity contribution in [3.05, 3.63) is 28.2 Å². The average molecular weight is 358 g/mol. The lowest BCUT2D eigenvalue weighted by Gasteiger charge is -2.38. The minimum absolute atomic E-state index is 0.584. The van der Waals surface area contributed by atoms with Gasteiger partial charge in [-0.25, -0.2) is 0 Å². The number of benzene rings is 1. The number of halogens is 2. The summed E-state index contributed by atoms with van der Waals surface area (Å²) in [5, 5.41) is 5.65. The van der Waals surface area contributed by atoms with E-state index in [0.717, 1.165) is 37.0 Å². The third kappa shape index (κ3) is 3.79. The standard InChI is InChI=1S/C16H21Cl2N3S/c17-14-6-5-13(11-15(14)18)20-7-9-21(10-8-20)16(22)19-12-3-1-2-4-12/h5-6,11-12H,1-4,7-10H2,(H,19,22). The summed E-state index contributed by atoms with van der Waals surface area (Å²) in [6.45, 7) is 3.78. The van der Waals surface area contributed by atoms with Crippen molar-refractivity contribution in [2.45, 2.75) is 31.7 Å². The third-order valence-corrected chi connectivity index (χ3v) is 5.63. The molecule has 1 aromatic carbocycles. The Morgan fingerprint density at radius 2 is 1.73 bits per heavy atom. The predicted octanol–water partition coefficient (Wildman–Crippen LogP) is 3.93. The first-order valence-corrected chi connectivity index (χ1v) is 9.05. The molecule has 0 bridgehead atoms. The first-order chi connectivity index (χ1) is 10.6. The van der Waals surface area contributed by atoms with Crippen LogP contribution in [0.1, 0.15) is 25.7 Å². The molecule has 1 aliphatic heterocycles. The second-order valence-corrected chi connectivity index (χ2v) is 7.20. The second kappa shape index (κ2) is 7.24. The number of nitrogens with zero attached hydrogens (tertiary/aromatic N) is 2. The molecule has 1 N–H and O–H groups in total. The third-order valence-electron chi connectivity index (χ3n) is 4.52. The van der Waals surface area contributed by atoms with E-state index < -0.39 is 0 Å². The zero-order valence-electron chi connectivity index (χ0n) is 12.5. The van der Waals surface area contributed by atoms with Crippen LogP contribution in [0.15, 0.2) is 18.2 Å². The number of hydrogen-bond acceptors (Lipinski definition) is 2. The van der Waals surface area contributed by atoms with Gasteiger partial charge in [0.25, 0.3) is 0 Å². The number of hydrogen-bond donors (Lipinski definition) is 1. The lowest BCUT2D eigenvalue weighted by molar-refractivity contribution is 0.374. The molecule has 0 spiro atoms. The SMILES string of the molecule is S=C(NC1CCCC1)N1CCN(c2ccc(Cl)c(Cl)c2)CC1. The normalized spacial score (nSPS) is 19.5. The van der Waals surface area contributed by atoms with E-state index in [9.17, 15) is 0 Å². The maximum absolute atomic E-state index is 6.11. The van der Waals surface area contributed by atoms with Crippen LogP contribution in [0.3, 0.4) is 0 Å². The van der Waals surface area contributed by atoms with Crippen molar-refractivity contribution in [3.63, 3.8) is 0 Å². The van der Waals surface area contributed by atoms with E-state index in [1.165, 1.54) is 25.7 Å². The van der Waals surface area contributed by atoms with Crippen LogP contribution in [0.2, 0.25) is 10.0 Å². The molecule has 1 saturated heterocycles. The molecule has 0 atom stereocenters. The zero-order valence-corrected chi connectivity index (χ0v) is 14.9. The van der Waals surface area contributed by atoms with E-state index >= 15 is 0 Å². The van der Waals surface area contributed by atoms with E-state index in [2.05, 4.69) is 15.1 Å². The maximum Gasteiger partial charge on any atom is 0.169 e. The van der Waals surface area contributed by atoms with Gasteiger partial charge in [-0.05, 0) is 43.3 Å².